The number of hydrogen-bond donors (Lipinski definition) is 2. The lowest BCUT2D eigenvalue weighted by Crippen LogP contribution is -2.21. The molecule has 3 rings (SSSR count). The molecule has 1 atom stereocenters. The molecule has 0 radical (unpaired) electrons. The number of rotatable bonds is 5. The predicted octanol–water partition coefficient (Wildman–Crippen LogP) is 2.20. The summed E-state index contributed by atoms with van der Waals surface area (Å²) in [7, 11) is 2.73. The van der Waals surface area contributed by atoms with Crippen molar-refractivity contribution in [3.8, 4) is 11.5 Å². The molecule has 1 aromatic carbocycles. The summed E-state index contributed by atoms with van der Waals surface area (Å²) in [4.78, 5) is 39.4. The lowest BCUT2D eigenvalue weighted by molar-refractivity contribution is -0.140. The normalized spacial score (nSPS) is 12.0. The summed E-state index contributed by atoms with van der Waals surface area (Å²) in [6.07, 6.45) is -0.297. The van der Waals surface area contributed by atoms with Crippen molar-refractivity contribution in [1.82, 2.24) is 4.98 Å². The van der Waals surface area contributed by atoms with Gasteiger partial charge >= 0.3 is 5.97 Å². The van der Waals surface area contributed by atoms with Gasteiger partial charge in [-0.15, -0.1) is 0 Å². The van der Waals surface area contributed by atoms with E-state index in [2.05, 4.69) is 4.98 Å². The number of esters is 1. The molecule has 2 heterocycles. The highest BCUT2D eigenvalue weighted by molar-refractivity contribution is 5.81. The number of benzene rings is 1. The van der Waals surface area contributed by atoms with Gasteiger partial charge in [0, 0.05) is 22.5 Å². The third-order valence-electron chi connectivity index (χ3n) is 4.44. The molecule has 2 N–H and O–H groups in total. The first kappa shape index (κ1) is 19.2. The molecule has 0 saturated carbocycles. The van der Waals surface area contributed by atoms with Crippen molar-refractivity contribution in [2.45, 2.75) is 19.3 Å². The minimum atomic E-state index is -1.01. The Labute approximate surface area is 159 Å². The Bertz CT molecular complexity index is 1160. The van der Waals surface area contributed by atoms with Gasteiger partial charge in [-0.05, 0) is 31.2 Å². The maximum atomic E-state index is 12.7. The number of methoxy groups -OCH3 is 2. The van der Waals surface area contributed by atoms with Crippen LogP contribution in [0.25, 0.3) is 10.9 Å². The van der Waals surface area contributed by atoms with E-state index in [9.17, 15) is 19.5 Å². The van der Waals surface area contributed by atoms with E-state index >= 15 is 0 Å². The number of aromatic nitrogens is 1. The highest BCUT2D eigenvalue weighted by atomic mass is 16.5. The number of nitrogens with one attached hydrogen (secondary N) is 1. The van der Waals surface area contributed by atoms with Crippen molar-refractivity contribution in [3.05, 3.63) is 68.0 Å². The molecule has 1 unspecified atom stereocenters. The fraction of sp³-hybridized carbons (Fsp3) is 0.250. The number of carbonyl (C=O) groups is 1. The van der Waals surface area contributed by atoms with Gasteiger partial charge < -0.3 is 24.0 Å². The van der Waals surface area contributed by atoms with Gasteiger partial charge in [-0.1, -0.05) is 0 Å². The summed E-state index contributed by atoms with van der Waals surface area (Å²) in [5.41, 5.74) is -0.417. The first-order valence-electron chi connectivity index (χ1n) is 8.45. The Hall–Kier alpha value is -3.55. The molecule has 3 aromatic rings. The average Bonchev–Trinajstić information content (AvgIpc) is 2.68. The van der Waals surface area contributed by atoms with Crippen LogP contribution in [0.1, 0.15) is 29.4 Å². The van der Waals surface area contributed by atoms with E-state index in [-0.39, 0.29) is 23.5 Å². The zero-order chi connectivity index (χ0) is 20.4. The first-order valence-corrected chi connectivity index (χ1v) is 8.45. The van der Waals surface area contributed by atoms with Crippen molar-refractivity contribution >= 4 is 16.9 Å². The average molecular weight is 385 g/mol. The quantitative estimate of drug-likeness (QED) is 0.646. The molecule has 0 fully saturated rings. The highest BCUT2D eigenvalue weighted by Crippen LogP contribution is 2.33. The summed E-state index contributed by atoms with van der Waals surface area (Å²) in [6, 6.07) is 7.82. The third-order valence-corrected chi connectivity index (χ3v) is 4.44. The molecule has 146 valence electrons. The highest BCUT2D eigenvalue weighted by Gasteiger charge is 2.28. The number of aromatic amines is 1. The summed E-state index contributed by atoms with van der Waals surface area (Å²) in [6.45, 7) is 1.54. The van der Waals surface area contributed by atoms with Crippen LogP contribution in [0, 0.1) is 6.92 Å². The van der Waals surface area contributed by atoms with Crippen LogP contribution >= 0.6 is 0 Å². The Morgan fingerprint density at radius 2 is 1.96 bits per heavy atom. The second-order valence-corrected chi connectivity index (χ2v) is 6.27. The summed E-state index contributed by atoms with van der Waals surface area (Å²) >= 11 is 0. The van der Waals surface area contributed by atoms with Crippen LogP contribution in [0.5, 0.6) is 11.5 Å². The SMILES string of the molecule is COC(=O)CC(c1oc(C)cc(=O)c1O)c1cc2cc(OC)ccc2[nH]c1=O. The van der Waals surface area contributed by atoms with E-state index in [1.807, 2.05) is 0 Å². The van der Waals surface area contributed by atoms with E-state index in [1.54, 1.807) is 24.3 Å². The van der Waals surface area contributed by atoms with Crippen molar-refractivity contribution in [2.75, 3.05) is 14.2 Å². The second-order valence-electron chi connectivity index (χ2n) is 6.27. The molecule has 0 spiro atoms. The fourth-order valence-electron chi connectivity index (χ4n) is 3.04. The van der Waals surface area contributed by atoms with Crippen molar-refractivity contribution in [3.63, 3.8) is 0 Å². The lowest BCUT2D eigenvalue weighted by atomic mass is 9.92. The predicted molar refractivity (Wildman–Crippen MR) is 101 cm³/mol. The van der Waals surface area contributed by atoms with Gasteiger partial charge in [0.2, 0.25) is 11.2 Å². The van der Waals surface area contributed by atoms with Gasteiger partial charge in [0.05, 0.1) is 26.6 Å². The molecule has 0 aliphatic rings. The number of hydrogen-bond acceptors (Lipinski definition) is 7. The van der Waals surface area contributed by atoms with Crippen LogP contribution in [0.2, 0.25) is 0 Å². The van der Waals surface area contributed by atoms with Gasteiger partial charge in [0.15, 0.2) is 5.76 Å². The summed E-state index contributed by atoms with van der Waals surface area (Å²) in [5, 5.41) is 10.9. The van der Waals surface area contributed by atoms with E-state index < -0.39 is 28.6 Å². The van der Waals surface area contributed by atoms with E-state index in [1.165, 1.54) is 21.1 Å². The van der Waals surface area contributed by atoms with Crippen molar-refractivity contribution in [1.29, 1.82) is 0 Å². The minimum absolute atomic E-state index is 0.148. The number of aromatic hydroxyl groups is 1. The monoisotopic (exact) mass is 385 g/mol. The van der Waals surface area contributed by atoms with E-state index in [0.29, 0.717) is 16.7 Å². The number of carbonyl (C=O) groups excluding carboxylic acids is 1. The molecule has 0 aliphatic carbocycles. The molecule has 28 heavy (non-hydrogen) atoms. The molecular weight excluding hydrogens is 366 g/mol. The molecular formula is C20H19NO7. The first-order chi connectivity index (χ1) is 13.3. The zero-order valence-corrected chi connectivity index (χ0v) is 15.6. The molecule has 8 nitrogen and oxygen atoms in total. The van der Waals surface area contributed by atoms with Crippen LogP contribution in [0.15, 0.2) is 44.3 Å². The number of fused-ring (bicyclic) bond motifs is 1. The lowest BCUT2D eigenvalue weighted by Gasteiger charge is -2.17. The Morgan fingerprint density at radius 3 is 2.64 bits per heavy atom. The number of ether oxygens (including phenoxy) is 2. The number of pyridine rings is 1. The Morgan fingerprint density at radius 1 is 1.21 bits per heavy atom. The third kappa shape index (κ3) is 3.62. The van der Waals surface area contributed by atoms with Crippen molar-refractivity contribution < 1.29 is 23.8 Å². The molecule has 8 heteroatoms. The van der Waals surface area contributed by atoms with Crippen LogP contribution in [-0.4, -0.2) is 30.3 Å². The van der Waals surface area contributed by atoms with Gasteiger partial charge in [-0.2, -0.15) is 0 Å². The fourth-order valence-corrected chi connectivity index (χ4v) is 3.04. The van der Waals surface area contributed by atoms with Gasteiger partial charge in [0.25, 0.3) is 5.56 Å². The van der Waals surface area contributed by atoms with E-state index in [4.69, 9.17) is 13.9 Å². The largest absolute Gasteiger partial charge is 0.502 e. The van der Waals surface area contributed by atoms with E-state index in [0.717, 1.165) is 6.07 Å². The number of aryl methyl sites for hydroxylation is 1. The van der Waals surface area contributed by atoms with Gasteiger partial charge in [0.1, 0.15) is 11.5 Å². The maximum absolute atomic E-state index is 12.7. The minimum Gasteiger partial charge on any atom is -0.502 e. The van der Waals surface area contributed by atoms with Gasteiger partial charge in [-0.3, -0.25) is 14.4 Å². The van der Waals surface area contributed by atoms with Crippen LogP contribution in [-0.2, 0) is 9.53 Å². The zero-order valence-electron chi connectivity index (χ0n) is 15.6. The van der Waals surface area contributed by atoms with Crippen LogP contribution in [0.3, 0.4) is 0 Å². The summed E-state index contributed by atoms with van der Waals surface area (Å²) in [5.74, 6) is -1.63. The maximum Gasteiger partial charge on any atom is 0.306 e. The molecule has 0 amide bonds. The van der Waals surface area contributed by atoms with Crippen molar-refractivity contribution in [2.24, 2.45) is 0 Å². The standard InChI is InChI=1S/C20H19NO7/c1-10-6-16(22)18(24)19(28-10)13(9-17(23)27-3)14-8-11-7-12(26-2)4-5-15(11)21-20(14)25/h4-8,13,24H,9H2,1-3H3,(H,21,25). The van der Waals surface area contributed by atoms with Gasteiger partial charge in [-0.25, -0.2) is 0 Å². The molecule has 0 saturated heterocycles. The molecule has 0 bridgehead atoms. The Kier molecular flexibility index (Phi) is 5.21. The Balaban J connectivity index is 2.26. The summed E-state index contributed by atoms with van der Waals surface area (Å²) < 4.78 is 15.4. The second kappa shape index (κ2) is 7.59. The smallest absolute Gasteiger partial charge is 0.306 e. The van der Waals surface area contributed by atoms with Crippen LogP contribution < -0.4 is 15.7 Å². The topological polar surface area (TPSA) is 119 Å². The van der Waals surface area contributed by atoms with Crippen LogP contribution in [0.4, 0.5) is 0 Å². The number of H-pyrrole nitrogens is 1. The molecule has 0 aliphatic heterocycles. The molecule has 2 aromatic heterocycles.